The minimum Gasteiger partial charge on any atom is -0.545 e. The van der Waals surface area contributed by atoms with Crippen LogP contribution in [0.15, 0.2) is 479 Å². The minimum absolute atomic E-state index is 0. The zero-order chi connectivity index (χ0) is 84.6. The predicted octanol–water partition coefficient (Wildman–Crippen LogP) is 25.9. The first-order valence-electron chi connectivity index (χ1n) is 37.5. The third kappa shape index (κ3) is 32.3. The summed E-state index contributed by atoms with van der Waals surface area (Å²) in [6.07, 6.45) is 6.69. The summed E-state index contributed by atoms with van der Waals surface area (Å²) in [4.78, 5) is 67.0. The van der Waals surface area contributed by atoms with Gasteiger partial charge in [-0.2, -0.15) is 0 Å². The topological polar surface area (TPSA) is 176 Å². The van der Waals surface area contributed by atoms with Crippen LogP contribution in [0, 0.1) is 32.8 Å². The Labute approximate surface area is 853 Å². The number of hydrogen-bond acceptors (Lipinski definition) is 25. The van der Waals surface area contributed by atoms with Crippen LogP contribution in [0.5, 0.6) is 0 Å². The summed E-state index contributed by atoms with van der Waals surface area (Å²) in [5, 5.41) is 27.1. The van der Waals surface area contributed by atoms with Crippen molar-refractivity contribution < 1.29 is 94.3 Å². The van der Waals surface area contributed by atoms with E-state index in [0.29, 0.717) is 0 Å². The van der Waals surface area contributed by atoms with E-state index in [1.807, 2.05) is 281 Å². The van der Waals surface area contributed by atoms with Crippen molar-refractivity contribution in [1.29, 1.82) is 0 Å². The summed E-state index contributed by atoms with van der Waals surface area (Å²) < 4.78 is 0. The number of para-hydroxylation sites is 1. The Morgan fingerprint density at radius 2 is 0.362 bits per heavy atom. The van der Waals surface area contributed by atoms with Gasteiger partial charge >= 0.3 is 67.1 Å². The van der Waals surface area contributed by atoms with Crippen molar-refractivity contribution in [2.24, 2.45) is 0 Å². The summed E-state index contributed by atoms with van der Waals surface area (Å²) in [6, 6.07) is 120. The molecule has 0 fully saturated rings. The zero-order valence-electron chi connectivity index (χ0n) is 66.5. The van der Waals surface area contributed by atoms with Crippen LogP contribution in [0.4, 0.5) is 5.69 Å². The molecule has 0 saturated carbocycles. The largest absolute Gasteiger partial charge is 1.00 e. The smallest absolute Gasteiger partial charge is 0.545 e. The van der Waals surface area contributed by atoms with E-state index in [0.717, 1.165) is 143 Å². The number of pyridine rings is 12. The summed E-state index contributed by atoms with van der Waals surface area (Å²) in [7, 11) is -0.877. The van der Waals surface area contributed by atoms with Gasteiger partial charge in [0.25, 0.3) is 0 Å². The number of aromatic nitrogens is 12. The molecule has 641 valence electrons. The molecular formula is C96H67Ag4N13OPS12+2. The molecule has 31 heteroatoms. The number of carbonyl (C=O) groups excluding carboxylic acids is 1. The van der Waals surface area contributed by atoms with Gasteiger partial charge in [0.2, 0.25) is 0 Å². The summed E-state index contributed by atoms with van der Waals surface area (Å²) in [6.45, 7) is 14.0. The normalized spacial score (nSPS) is 11.5. The number of aryl methyl sites for hydroxylation is 2. The van der Waals surface area contributed by atoms with Gasteiger partial charge in [-0.3, -0.25) is 12.7 Å². The van der Waals surface area contributed by atoms with Gasteiger partial charge in [0, 0.05) is 22.4 Å². The van der Waals surface area contributed by atoms with Crippen molar-refractivity contribution in [3.8, 4) is 5.92 Å². The van der Waals surface area contributed by atoms with Gasteiger partial charge in [0.05, 0.1) is 14.5 Å². The summed E-state index contributed by atoms with van der Waals surface area (Å²) >= 11 is 19.0. The number of benzene rings is 5. The SMILES string of the molecule is [Ag+].[Ag+].[Ag+].[Ag].[C-]#Cc1ccccc1.[C-]#[N+]c1c(C)cccc1C.[CH-]=O.c1cc2nc(c1)Sc1cccc(n1)Sc1cccc(n1)S2.c1cc2nc(c1)Sc1cccc(n1)Sc1cccc(n1)S2.c1cc2nc(c1)Sc1cccc(n1)Sc1cccc(n1)S2.c1cc2nc(c1)Sc1cccc(n1)Sc1cccc(n1)S2.c1ccc([PH+](c2ccccc2)c2ccccc2)cc1. The molecule has 0 amide bonds. The van der Waals surface area contributed by atoms with E-state index in [-0.39, 0.29) is 89.5 Å². The summed E-state index contributed by atoms with van der Waals surface area (Å²) in [5.41, 5.74) is 3.75. The molecule has 17 aromatic rings. The van der Waals surface area contributed by atoms with Crippen LogP contribution in [0.25, 0.3) is 4.85 Å². The van der Waals surface area contributed by atoms with E-state index in [2.05, 4.69) is 168 Å². The number of nitrogens with zero attached hydrogens (tertiary/aromatic N) is 13. The van der Waals surface area contributed by atoms with E-state index in [1.165, 1.54) is 15.9 Å². The molecule has 14 nitrogen and oxygen atoms in total. The van der Waals surface area contributed by atoms with Gasteiger partial charge in [-0.1, -0.05) is 305 Å². The van der Waals surface area contributed by atoms with Gasteiger partial charge in [0.15, 0.2) is 5.69 Å². The maximum Gasteiger partial charge on any atom is 1.00 e. The van der Waals surface area contributed by atoms with Crippen LogP contribution in [0.3, 0.4) is 0 Å². The minimum atomic E-state index is -0.877. The third-order valence-electron chi connectivity index (χ3n) is 16.5. The van der Waals surface area contributed by atoms with Crippen molar-refractivity contribution in [3.05, 3.63) is 392 Å². The molecule has 0 aliphatic carbocycles. The fourth-order valence-electron chi connectivity index (χ4n) is 11.2. The Kier molecular flexibility index (Phi) is 43.2. The van der Waals surface area contributed by atoms with E-state index in [1.54, 1.807) is 141 Å². The average Bonchev–Trinajstić information content (AvgIpc) is 0.799. The van der Waals surface area contributed by atoms with Crippen LogP contribution < -0.4 is 15.9 Å². The standard InChI is InChI=1S/C18H15P.4C15H9N3S3.C9H9N.C8H5.CHO.4Ag/c1-4-10-16(11-5-1)19(17-12-6-2-7-13-17)18-14-8-3-9-15-18;4*1-4-10-16-11(5-1)20-13-7-3-9-15(18-13)21-14-8-2-6-12(17-14)19-10;1-7-5-4-6-8(2)9(7)10-3;1-2-8-6-4-3-5-7-8;1-2;;;;/h1-15H;4*1-9H;4-6H,1-2H3;3-7H;1H;;;;/q;;;;;;2*-1;;3*+1/p+1. The second-order valence-corrected chi connectivity index (χ2v) is 40.3. The Morgan fingerprint density at radius 3 is 0.480 bits per heavy atom. The maximum atomic E-state index is 7.75. The van der Waals surface area contributed by atoms with Crippen molar-refractivity contribution in [2.45, 2.75) is 134 Å². The molecule has 1 radical (unpaired) electrons. The van der Waals surface area contributed by atoms with Crippen LogP contribution in [0.1, 0.15) is 16.7 Å². The molecule has 0 N–H and O–H groups in total. The molecule has 21 rings (SSSR count). The van der Waals surface area contributed by atoms with Crippen LogP contribution >= 0.6 is 149 Å². The quantitative estimate of drug-likeness (QED) is 0.0536. The molecule has 4 aliphatic rings. The molecule has 4 aliphatic heterocycles. The molecule has 0 saturated heterocycles. The van der Waals surface area contributed by atoms with E-state index < -0.39 is 7.92 Å². The Bertz CT molecular complexity index is 5200. The van der Waals surface area contributed by atoms with Gasteiger partial charge in [-0.05, 0) is 207 Å². The van der Waals surface area contributed by atoms with Gasteiger partial charge in [-0.15, -0.1) is 17.7 Å². The molecule has 12 aromatic heterocycles. The molecular weight excluding hydrogens is 2200 g/mol. The van der Waals surface area contributed by atoms with Gasteiger partial charge in [-0.25, -0.2) is 64.7 Å². The summed E-state index contributed by atoms with van der Waals surface area (Å²) in [5.74, 6) is 2.28. The molecule has 5 aromatic carbocycles. The van der Waals surface area contributed by atoms with E-state index >= 15 is 0 Å². The average molecular weight is 2270 g/mol. The second-order valence-electron chi connectivity index (χ2n) is 25.3. The fourth-order valence-corrected chi connectivity index (χ4v) is 24.0. The molecule has 24 bridgehead atoms. The number of rotatable bonds is 3. The van der Waals surface area contributed by atoms with E-state index in [9.17, 15) is 0 Å². The monoisotopic (exact) mass is 2260 g/mol. The van der Waals surface area contributed by atoms with Crippen molar-refractivity contribution >= 4 is 177 Å². The number of fused-ring (bicyclic) bond motifs is 24. The van der Waals surface area contributed by atoms with Gasteiger partial charge in [0.1, 0.15) is 137 Å². The fraction of sp³-hybridized carbons (Fsp3) is 0.0208. The van der Waals surface area contributed by atoms with Crippen molar-refractivity contribution in [2.75, 3.05) is 0 Å². The number of hydrogen-bond donors (Lipinski definition) is 0. The first-order chi connectivity index (χ1) is 60.5. The van der Waals surface area contributed by atoms with Crippen LogP contribution in [-0.4, -0.2) is 66.6 Å². The predicted molar refractivity (Wildman–Crippen MR) is 508 cm³/mol. The first kappa shape index (κ1) is 101. The molecule has 0 unspecified atom stereocenters. The second kappa shape index (κ2) is 54.1. The van der Waals surface area contributed by atoms with Gasteiger partial charge < -0.3 is 11.2 Å². The van der Waals surface area contributed by atoms with Crippen LogP contribution in [0.2, 0.25) is 0 Å². The van der Waals surface area contributed by atoms with Crippen molar-refractivity contribution in [1.82, 2.24) is 59.8 Å². The molecule has 16 heterocycles. The Balaban J connectivity index is 0.000000156. The third-order valence-corrected chi connectivity index (χ3v) is 29.8. The Morgan fingerprint density at radius 1 is 0.228 bits per heavy atom. The zero-order valence-corrected chi connectivity index (χ0v) is 83.2. The molecule has 127 heavy (non-hydrogen) atoms. The van der Waals surface area contributed by atoms with Crippen molar-refractivity contribution in [3.63, 3.8) is 0 Å². The first-order valence-corrected chi connectivity index (χ1v) is 48.8. The Hall–Kier alpha value is -7.79. The molecule has 0 spiro atoms. The molecule has 0 atom stereocenters. The maximum absolute atomic E-state index is 7.75. The van der Waals surface area contributed by atoms with Crippen LogP contribution in [-0.2, 0) is 94.3 Å². The van der Waals surface area contributed by atoms with E-state index in [4.69, 9.17) is 17.8 Å².